The van der Waals surface area contributed by atoms with Crippen LogP contribution in [0.25, 0.3) is 22.2 Å². The Morgan fingerprint density at radius 1 is 1.31 bits per heavy atom. The van der Waals surface area contributed by atoms with E-state index in [-0.39, 0.29) is 11.6 Å². The number of H-pyrrole nitrogens is 1. The van der Waals surface area contributed by atoms with Gasteiger partial charge in [0.15, 0.2) is 5.03 Å². The molecule has 3 N–H and O–H groups in total. The fraction of sp³-hybridized carbons (Fsp3) is 0.333. The van der Waals surface area contributed by atoms with Crippen molar-refractivity contribution in [3.63, 3.8) is 0 Å². The van der Waals surface area contributed by atoms with Gasteiger partial charge in [0.1, 0.15) is 5.65 Å². The Kier molecular flexibility index (Phi) is 4.26. The van der Waals surface area contributed by atoms with Gasteiger partial charge in [0.05, 0.1) is 6.61 Å². The van der Waals surface area contributed by atoms with E-state index < -0.39 is 16.1 Å². The second kappa shape index (κ2) is 6.46. The van der Waals surface area contributed by atoms with Crippen molar-refractivity contribution < 1.29 is 13.5 Å². The second-order valence-electron chi connectivity index (χ2n) is 6.71. The number of aliphatic hydroxyl groups excluding tert-OH is 1. The molecule has 1 atom stereocenters. The minimum atomic E-state index is -3.75. The fourth-order valence-electron chi connectivity index (χ4n) is 2.97. The van der Waals surface area contributed by atoms with E-state index in [1.54, 1.807) is 25.4 Å². The molecule has 0 saturated heterocycles. The van der Waals surface area contributed by atoms with E-state index in [9.17, 15) is 8.42 Å². The van der Waals surface area contributed by atoms with Gasteiger partial charge in [0, 0.05) is 35.1 Å². The van der Waals surface area contributed by atoms with Crippen molar-refractivity contribution in [1.82, 2.24) is 19.7 Å². The van der Waals surface area contributed by atoms with Crippen molar-refractivity contribution in [2.75, 3.05) is 6.61 Å². The molecule has 0 spiro atoms. The Balaban J connectivity index is 1.68. The highest BCUT2D eigenvalue weighted by Crippen LogP contribution is 2.41. The number of hydrogen-bond donors (Lipinski definition) is 3. The molecule has 26 heavy (non-hydrogen) atoms. The molecule has 0 aromatic carbocycles. The van der Waals surface area contributed by atoms with Gasteiger partial charge in [0.2, 0.25) is 0 Å². The molecular formula is C18H20N4O3S. The van der Waals surface area contributed by atoms with Gasteiger partial charge < -0.3 is 10.1 Å². The van der Waals surface area contributed by atoms with Crippen LogP contribution in [-0.4, -0.2) is 41.1 Å². The lowest BCUT2D eigenvalue weighted by Gasteiger charge is -2.11. The normalized spacial score (nSPS) is 16.1. The molecule has 3 heterocycles. The van der Waals surface area contributed by atoms with E-state index in [0.29, 0.717) is 5.92 Å². The molecule has 0 bridgehead atoms. The van der Waals surface area contributed by atoms with Crippen LogP contribution in [0.1, 0.15) is 31.4 Å². The van der Waals surface area contributed by atoms with E-state index >= 15 is 0 Å². The quantitative estimate of drug-likeness (QED) is 0.614. The van der Waals surface area contributed by atoms with Crippen LogP contribution in [0.5, 0.6) is 0 Å². The Labute approximate surface area is 151 Å². The molecule has 4 rings (SSSR count). The molecule has 7 nitrogen and oxygen atoms in total. The molecule has 1 saturated carbocycles. The molecule has 0 aliphatic heterocycles. The topological polar surface area (TPSA) is 108 Å². The van der Waals surface area contributed by atoms with Crippen molar-refractivity contribution in [1.29, 1.82) is 0 Å². The fourth-order valence-corrected chi connectivity index (χ4v) is 4.14. The molecular weight excluding hydrogens is 352 g/mol. The zero-order chi connectivity index (χ0) is 18.3. The van der Waals surface area contributed by atoms with E-state index in [4.69, 9.17) is 5.11 Å². The van der Waals surface area contributed by atoms with Crippen LogP contribution in [-0.2, 0) is 10.0 Å². The van der Waals surface area contributed by atoms with Gasteiger partial charge in [-0.3, -0.25) is 0 Å². The van der Waals surface area contributed by atoms with Crippen LogP contribution < -0.4 is 4.72 Å². The van der Waals surface area contributed by atoms with Gasteiger partial charge in [-0.1, -0.05) is 0 Å². The zero-order valence-corrected chi connectivity index (χ0v) is 15.1. The number of nitrogens with zero attached hydrogens (tertiary/aromatic N) is 2. The number of aromatic amines is 1. The predicted octanol–water partition coefficient (Wildman–Crippen LogP) is 2.16. The third kappa shape index (κ3) is 3.23. The summed E-state index contributed by atoms with van der Waals surface area (Å²) in [5.41, 5.74) is 3.83. The molecule has 3 aromatic heterocycles. The minimum absolute atomic E-state index is 0.0698. The summed E-state index contributed by atoms with van der Waals surface area (Å²) in [7, 11) is -3.75. The van der Waals surface area contributed by atoms with Gasteiger partial charge in [-0.25, -0.2) is 23.1 Å². The first-order valence-corrected chi connectivity index (χ1v) is 10.0. The Morgan fingerprint density at radius 3 is 2.77 bits per heavy atom. The van der Waals surface area contributed by atoms with Gasteiger partial charge in [-0.05, 0) is 55.5 Å². The van der Waals surface area contributed by atoms with Crippen LogP contribution in [0.2, 0.25) is 0 Å². The smallest absolute Gasteiger partial charge is 0.258 e. The second-order valence-corrected chi connectivity index (χ2v) is 8.37. The standard InChI is InChI=1S/C18H20N4O3S/c1-11(10-23)22-26(24,25)17-5-4-13(9-20-17)14-6-7-19-18-15(14)8-16(21-18)12-2-3-12/h4-9,11-12,22-23H,2-3,10H2,1H3,(H,19,21)/t11-/m0/s1. The Hall–Kier alpha value is -2.29. The summed E-state index contributed by atoms with van der Waals surface area (Å²) in [4.78, 5) is 11.9. The van der Waals surface area contributed by atoms with Crippen molar-refractivity contribution in [2.45, 2.75) is 36.8 Å². The summed E-state index contributed by atoms with van der Waals surface area (Å²) in [6, 6.07) is 6.68. The summed E-state index contributed by atoms with van der Waals surface area (Å²) in [5.74, 6) is 0.599. The maximum Gasteiger partial charge on any atom is 0.258 e. The molecule has 3 aromatic rings. The van der Waals surface area contributed by atoms with Crippen molar-refractivity contribution in [2.24, 2.45) is 0 Å². The number of sulfonamides is 1. The van der Waals surface area contributed by atoms with Crippen LogP contribution in [0.4, 0.5) is 0 Å². The molecule has 1 aliphatic rings. The number of fused-ring (bicyclic) bond motifs is 1. The van der Waals surface area contributed by atoms with E-state index in [2.05, 4.69) is 25.7 Å². The number of aliphatic hydroxyl groups is 1. The van der Waals surface area contributed by atoms with Crippen LogP contribution in [0.15, 0.2) is 41.7 Å². The summed E-state index contributed by atoms with van der Waals surface area (Å²) < 4.78 is 26.9. The molecule has 136 valence electrons. The molecule has 0 amide bonds. The van der Waals surface area contributed by atoms with Gasteiger partial charge >= 0.3 is 0 Å². The van der Waals surface area contributed by atoms with Crippen LogP contribution in [0, 0.1) is 0 Å². The van der Waals surface area contributed by atoms with E-state index in [0.717, 1.165) is 22.2 Å². The highest BCUT2D eigenvalue weighted by Gasteiger charge is 2.26. The highest BCUT2D eigenvalue weighted by atomic mass is 32.2. The van der Waals surface area contributed by atoms with Gasteiger partial charge in [-0.2, -0.15) is 0 Å². The Morgan fingerprint density at radius 2 is 2.12 bits per heavy atom. The van der Waals surface area contributed by atoms with Gasteiger partial charge in [0.25, 0.3) is 10.0 Å². The van der Waals surface area contributed by atoms with Crippen molar-refractivity contribution in [3.8, 4) is 11.1 Å². The maximum atomic E-state index is 12.2. The average Bonchev–Trinajstić information content (AvgIpc) is 3.39. The number of nitrogens with one attached hydrogen (secondary N) is 2. The first kappa shape index (κ1) is 17.1. The first-order valence-electron chi connectivity index (χ1n) is 8.55. The highest BCUT2D eigenvalue weighted by molar-refractivity contribution is 7.89. The first-order chi connectivity index (χ1) is 12.5. The predicted molar refractivity (Wildman–Crippen MR) is 98.2 cm³/mol. The van der Waals surface area contributed by atoms with E-state index in [1.165, 1.54) is 24.6 Å². The number of rotatable bonds is 6. The SMILES string of the molecule is C[C@@H](CO)NS(=O)(=O)c1ccc(-c2ccnc3[nH]c(C4CC4)cc23)cn1. The largest absolute Gasteiger partial charge is 0.395 e. The lowest BCUT2D eigenvalue weighted by molar-refractivity contribution is 0.265. The van der Waals surface area contributed by atoms with Crippen molar-refractivity contribution >= 4 is 21.1 Å². The third-order valence-corrected chi connectivity index (χ3v) is 6.03. The minimum Gasteiger partial charge on any atom is -0.395 e. The molecule has 8 heteroatoms. The van der Waals surface area contributed by atoms with Crippen LogP contribution in [0.3, 0.4) is 0 Å². The summed E-state index contributed by atoms with van der Waals surface area (Å²) in [6.07, 6.45) is 5.70. The number of hydrogen-bond acceptors (Lipinski definition) is 5. The van der Waals surface area contributed by atoms with E-state index in [1.807, 2.05) is 6.07 Å². The maximum absolute atomic E-state index is 12.2. The van der Waals surface area contributed by atoms with Crippen LogP contribution >= 0.6 is 0 Å². The molecule has 1 fully saturated rings. The van der Waals surface area contributed by atoms with Crippen molar-refractivity contribution in [3.05, 3.63) is 42.4 Å². The number of aromatic nitrogens is 3. The summed E-state index contributed by atoms with van der Waals surface area (Å²) >= 11 is 0. The Bertz CT molecular complexity index is 1040. The number of pyridine rings is 2. The van der Waals surface area contributed by atoms with Gasteiger partial charge in [-0.15, -0.1) is 0 Å². The average molecular weight is 372 g/mol. The summed E-state index contributed by atoms with van der Waals surface area (Å²) in [6.45, 7) is 1.31. The lowest BCUT2D eigenvalue weighted by atomic mass is 10.1. The molecule has 1 aliphatic carbocycles. The monoisotopic (exact) mass is 372 g/mol. The molecule has 0 radical (unpaired) electrons. The zero-order valence-electron chi connectivity index (χ0n) is 14.3. The molecule has 0 unspecified atom stereocenters. The lowest BCUT2D eigenvalue weighted by Crippen LogP contribution is -2.35. The summed E-state index contributed by atoms with van der Waals surface area (Å²) in [5, 5.41) is 9.97. The third-order valence-electron chi connectivity index (χ3n) is 4.52.